The first-order chi connectivity index (χ1) is 30.4. The van der Waals surface area contributed by atoms with Crippen LogP contribution in [0.15, 0.2) is 90.1 Å². The van der Waals surface area contributed by atoms with Gasteiger partial charge in [0.15, 0.2) is 0 Å². The molecule has 0 saturated carbocycles. The number of carbonyl (C=O) groups excluding carboxylic acids is 6. The molecule has 0 aliphatic heterocycles. The minimum atomic E-state index is -1.32. The molecule has 0 aliphatic rings. The first-order valence-electron chi connectivity index (χ1n) is 21.8. The summed E-state index contributed by atoms with van der Waals surface area (Å²) in [6, 6.07) is 20.1. The van der Waals surface area contributed by atoms with Gasteiger partial charge in [0, 0.05) is 36.5 Å². The number of H-pyrrole nitrogens is 1. The van der Waals surface area contributed by atoms with Crippen molar-refractivity contribution >= 4 is 52.4 Å². The fourth-order valence-corrected chi connectivity index (χ4v) is 6.55. The lowest BCUT2D eigenvalue weighted by atomic mass is 10.0. The number of ether oxygens (including phenoxy) is 3. The third-order valence-electron chi connectivity index (χ3n) is 9.41. The monoisotopic (exact) mass is 895 g/mol. The second kappa shape index (κ2) is 22.9. The lowest BCUT2D eigenvalue weighted by Crippen LogP contribution is -2.55. The van der Waals surface area contributed by atoms with Gasteiger partial charge in [-0.15, -0.1) is 0 Å². The molecule has 7 N–H and O–H groups in total. The highest BCUT2D eigenvalue weighted by Gasteiger charge is 2.30. The number of fused-ring (bicyclic) bond motifs is 1. The number of para-hydroxylation sites is 1. The van der Waals surface area contributed by atoms with E-state index in [4.69, 9.17) is 19.9 Å². The van der Waals surface area contributed by atoms with E-state index in [0.29, 0.717) is 29.7 Å². The Bertz CT molecular complexity index is 2290. The summed E-state index contributed by atoms with van der Waals surface area (Å²) in [4.78, 5) is 88.7. The zero-order valence-corrected chi connectivity index (χ0v) is 39.0. The van der Waals surface area contributed by atoms with Crippen LogP contribution in [0.2, 0.25) is 0 Å². The molecule has 1 heterocycles. The maximum Gasteiger partial charge on any atom is 0.414 e. The summed E-state index contributed by atoms with van der Waals surface area (Å²) >= 11 is 0. The number of benzene rings is 3. The van der Waals surface area contributed by atoms with Crippen molar-refractivity contribution in [1.29, 1.82) is 0 Å². The number of rotatable bonds is 18. The molecule has 6 amide bonds. The van der Waals surface area contributed by atoms with Gasteiger partial charge in [0.05, 0.1) is 6.04 Å². The minimum Gasteiger partial charge on any atom is -0.488 e. The number of unbranched alkanes of at least 4 members (excludes halogenated alkanes) is 1. The smallest absolute Gasteiger partial charge is 0.414 e. The first kappa shape index (κ1) is 51.1. The van der Waals surface area contributed by atoms with Crippen LogP contribution in [0.25, 0.3) is 10.9 Å². The maximum atomic E-state index is 14.4. The summed E-state index contributed by atoms with van der Waals surface area (Å²) in [5.74, 6) is -2.55. The van der Waals surface area contributed by atoms with E-state index in [2.05, 4.69) is 31.2 Å². The number of hydrogen-bond donors (Lipinski definition) is 6. The van der Waals surface area contributed by atoms with Gasteiger partial charge in [-0.1, -0.05) is 60.7 Å². The third-order valence-corrected chi connectivity index (χ3v) is 9.41. The average molecular weight is 896 g/mol. The lowest BCUT2D eigenvalue weighted by molar-refractivity contribution is -0.131. The van der Waals surface area contributed by atoms with Gasteiger partial charge >= 0.3 is 12.2 Å². The fraction of sp³-hybridized carbons (Fsp3) is 0.449. The van der Waals surface area contributed by atoms with Gasteiger partial charge in [-0.05, 0) is 123 Å². The summed E-state index contributed by atoms with van der Waals surface area (Å²) in [6.07, 6.45) is 0.786. The topological polar surface area (TPSA) is 232 Å². The summed E-state index contributed by atoms with van der Waals surface area (Å²) in [6.45, 7) is 16.1. The van der Waals surface area contributed by atoms with Crippen molar-refractivity contribution in [3.05, 3.63) is 102 Å². The standard InChI is InChI=1S/C49H65N7O9/c1-47(2,3)63-34-24-22-32(23-25-34)28-39(54-41(57)36(50)27-31-17-11-10-12-18-31)43(59)53-38(21-15-16-26-51-45(61)64-48(4,5)6)42(58)55-40(44(60)56-46(62)65-49(7,8)9)29-33-30-52-37-20-14-13-19-35(33)37/h10-14,17-20,22-25,30,36,38-39,52H,15-16,21,26-29,50H2,1-9H3,(H,51,61)(H,53,59)(H,54,57)(H,56,60,62)/t36-,38-,39-/m0/s1. The molecule has 16 nitrogen and oxygen atoms in total. The number of aromatic nitrogens is 1. The van der Waals surface area contributed by atoms with E-state index in [0.717, 1.165) is 16.5 Å². The Labute approximate surface area is 381 Å². The van der Waals surface area contributed by atoms with Gasteiger partial charge in [-0.2, -0.15) is 0 Å². The fourth-order valence-electron chi connectivity index (χ4n) is 6.55. The van der Waals surface area contributed by atoms with Crippen LogP contribution >= 0.6 is 0 Å². The van der Waals surface area contributed by atoms with Gasteiger partial charge in [0.25, 0.3) is 11.8 Å². The van der Waals surface area contributed by atoms with E-state index in [1.54, 1.807) is 72.0 Å². The average Bonchev–Trinajstić information content (AvgIpc) is 3.61. The molecule has 4 rings (SSSR count). The molecule has 0 spiro atoms. The van der Waals surface area contributed by atoms with Crippen LogP contribution in [0.5, 0.6) is 5.75 Å². The van der Waals surface area contributed by atoms with Gasteiger partial charge in [-0.25, -0.2) is 14.6 Å². The molecule has 4 aromatic rings. The number of amides is 6. The molecule has 0 fully saturated rings. The Hall–Kier alpha value is -6.55. The quantitative estimate of drug-likeness (QED) is 0.0476. The molecule has 0 saturated heterocycles. The normalized spacial score (nSPS) is 13.5. The molecule has 0 bridgehead atoms. The number of imide groups is 1. The van der Waals surface area contributed by atoms with Crippen molar-refractivity contribution in [2.75, 3.05) is 6.54 Å². The zero-order chi connectivity index (χ0) is 48.0. The van der Waals surface area contributed by atoms with E-state index in [9.17, 15) is 28.8 Å². The summed E-state index contributed by atoms with van der Waals surface area (Å²) in [7, 11) is 0. The second-order valence-corrected chi connectivity index (χ2v) is 18.8. The molecule has 3 aromatic carbocycles. The molecule has 1 aromatic heterocycles. The number of nitrogens with two attached hydrogens (primary N) is 1. The van der Waals surface area contributed by atoms with Gasteiger partial charge in [-0.3, -0.25) is 24.5 Å². The molecule has 3 atom stereocenters. The summed E-state index contributed by atoms with van der Waals surface area (Å²) in [5.41, 5.74) is 6.87. The number of carbonyl (C=O) groups is 6. The van der Waals surface area contributed by atoms with Crippen LogP contribution in [-0.2, 0) is 47.9 Å². The van der Waals surface area contributed by atoms with Crippen molar-refractivity contribution in [3.8, 4) is 5.75 Å². The van der Waals surface area contributed by atoms with E-state index < -0.39 is 70.7 Å². The van der Waals surface area contributed by atoms with E-state index in [-0.39, 0.29) is 37.9 Å². The third kappa shape index (κ3) is 18.2. The van der Waals surface area contributed by atoms with Crippen LogP contribution in [0, 0.1) is 0 Å². The van der Waals surface area contributed by atoms with E-state index in [1.807, 2.05) is 75.4 Å². The predicted molar refractivity (Wildman–Crippen MR) is 249 cm³/mol. The number of nitrogens with zero attached hydrogens (tertiary/aromatic N) is 1. The number of hydrogen-bond acceptors (Lipinski definition) is 10. The molecule has 65 heavy (non-hydrogen) atoms. The Morgan fingerprint density at radius 1 is 0.677 bits per heavy atom. The number of aromatic amines is 1. The first-order valence-corrected chi connectivity index (χ1v) is 21.8. The van der Waals surface area contributed by atoms with Crippen molar-refractivity contribution in [2.24, 2.45) is 10.7 Å². The molecular weight excluding hydrogens is 831 g/mol. The molecule has 0 aliphatic carbocycles. The van der Waals surface area contributed by atoms with Gasteiger partial charge in [0.2, 0.25) is 11.8 Å². The van der Waals surface area contributed by atoms with Crippen LogP contribution in [0.4, 0.5) is 9.59 Å². The van der Waals surface area contributed by atoms with Gasteiger partial charge < -0.3 is 40.9 Å². The summed E-state index contributed by atoms with van der Waals surface area (Å²) in [5, 5.41) is 11.2. The highest BCUT2D eigenvalue weighted by Crippen LogP contribution is 2.21. The predicted octanol–water partition coefficient (Wildman–Crippen LogP) is 6.38. The molecule has 0 unspecified atom stereocenters. The number of alkyl carbamates (subject to hydrolysis) is 2. The Morgan fingerprint density at radius 3 is 1.92 bits per heavy atom. The largest absolute Gasteiger partial charge is 0.488 e. The molecule has 16 heteroatoms. The highest BCUT2D eigenvalue weighted by atomic mass is 16.6. The van der Waals surface area contributed by atoms with Gasteiger partial charge in [0.1, 0.15) is 40.3 Å². The molecule has 350 valence electrons. The Morgan fingerprint density at radius 2 is 1.28 bits per heavy atom. The van der Waals surface area contributed by atoms with Crippen molar-refractivity contribution in [2.45, 2.75) is 136 Å². The Balaban J connectivity index is 1.67. The SMILES string of the molecule is CC(C)(C)OC(=O)NCCCC[C@H](NC(=O)[C@H](Cc1ccc(OC(C)(C)C)cc1)NC(=O)[C@@H](N)Cc1ccccc1)C(=O)N=C(Cc1c[nH]c2ccccc12)C(=O)NC(=O)OC(C)(C)C. The van der Waals surface area contributed by atoms with Crippen LogP contribution in [0.3, 0.4) is 0 Å². The van der Waals surface area contributed by atoms with E-state index >= 15 is 0 Å². The summed E-state index contributed by atoms with van der Waals surface area (Å²) < 4.78 is 16.6. The minimum absolute atomic E-state index is 0.0134. The number of nitrogens with one attached hydrogen (secondary N) is 5. The molecular formula is C49H65N7O9. The maximum absolute atomic E-state index is 14.4. The number of aliphatic imine (C=N–C) groups is 1. The van der Waals surface area contributed by atoms with Crippen molar-refractivity contribution in [1.82, 2.24) is 26.3 Å². The van der Waals surface area contributed by atoms with Crippen molar-refractivity contribution < 1.29 is 43.0 Å². The lowest BCUT2D eigenvalue weighted by Gasteiger charge is -2.24. The van der Waals surface area contributed by atoms with E-state index in [1.165, 1.54) is 0 Å². The second-order valence-electron chi connectivity index (χ2n) is 18.8. The van der Waals surface area contributed by atoms with Crippen LogP contribution < -0.4 is 31.7 Å². The Kier molecular flexibility index (Phi) is 18.0. The van der Waals surface area contributed by atoms with Crippen LogP contribution in [-0.4, -0.2) is 88.0 Å². The van der Waals surface area contributed by atoms with Crippen molar-refractivity contribution in [3.63, 3.8) is 0 Å². The zero-order valence-electron chi connectivity index (χ0n) is 39.0. The molecule has 0 radical (unpaired) electrons. The highest BCUT2D eigenvalue weighted by molar-refractivity contribution is 6.43. The van der Waals surface area contributed by atoms with Crippen LogP contribution in [0.1, 0.15) is 98.3 Å².